The molecule has 5 nitrogen and oxygen atoms in total. The number of fused-ring (bicyclic) bond motifs is 1. The van der Waals surface area contributed by atoms with Gasteiger partial charge in [-0.15, -0.1) is 0 Å². The molecule has 1 aromatic carbocycles. The maximum Gasteiger partial charge on any atom is 0.224 e. The number of furan rings is 1. The number of imidazole rings is 1. The Morgan fingerprint density at radius 3 is 3.14 bits per heavy atom. The van der Waals surface area contributed by atoms with E-state index in [1.54, 1.807) is 18.8 Å². The van der Waals surface area contributed by atoms with Crippen LogP contribution in [-0.2, 0) is 17.8 Å². The van der Waals surface area contributed by atoms with E-state index < -0.39 is 0 Å². The van der Waals surface area contributed by atoms with Crippen molar-refractivity contribution in [3.8, 4) is 0 Å². The molecular formula is C17H19N3O2. The number of amides is 1. The minimum Gasteiger partial charge on any atom is -0.464 e. The zero-order valence-corrected chi connectivity index (χ0v) is 12.6. The van der Waals surface area contributed by atoms with Gasteiger partial charge in [0.05, 0.1) is 19.0 Å². The first-order chi connectivity index (χ1) is 10.7. The summed E-state index contributed by atoms with van der Waals surface area (Å²) in [4.78, 5) is 16.0. The smallest absolute Gasteiger partial charge is 0.224 e. The van der Waals surface area contributed by atoms with Gasteiger partial charge in [0.15, 0.2) is 0 Å². The van der Waals surface area contributed by atoms with Crippen LogP contribution < -0.4 is 5.32 Å². The molecule has 0 radical (unpaired) electrons. The van der Waals surface area contributed by atoms with Crippen molar-refractivity contribution in [1.29, 1.82) is 0 Å². The highest BCUT2D eigenvalue weighted by molar-refractivity contribution is 5.87. The van der Waals surface area contributed by atoms with E-state index in [0.717, 1.165) is 35.1 Å². The average molecular weight is 297 g/mol. The van der Waals surface area contributed by atoms with Crippen molar-refractivity contribution in [3.63, 3.8) is 0 Å². The summed E-state index contributed by atoms with van der Waals surface area (Å²) in [6, 6.07) is 6.00. The predicted octanol–water partition coefficient (Wildman–Crippen LogP) is 2.69. The number of carbonyl (C=O) groups is 1. The highest BCUT2D eigenvalue weighted by Crippen LogP contribution is 2.22. The van der Waals surface area contributed by atoms with Crippen molar-refractivity contribution in [3.05, 3.63) is 54.3 Å². The van der Waals surface area contributed by atoms with Crippen LogP contribution in [-0.4, -0.2) is 22.0 Å². The van der Waals surface area contributed by atoms with E-state index >= 15 is 0 Å². The number of hydrogen-bond acceptors (Lipinski definition) is 3. The Labute approximate surface area is 129 Å². The minimum absolute atomic E-state index is 0.0230. The Balaban J connectivity index is 1.51. The quantitative estimate of drug-likeness (QED) is 0.712. The van der Waals surface area contributed by atoms with Crippen molar-refractivity contribution in [2.75, 3.05) is 6.54 Å². The molecule has 0 fully saturated rings. The lowest BCUT2D eigenvalue weighted by Crippen LogP contribution is -2.26. The topological polar surface area (TPSA) is 60.1 Å². The molecule has 0 atom stereocenters. The zero-order valence-electron chi connectivity index (χ0n) is 12.6. The van der Waals surface area contributed by atoms with Gasteiger partial charge in [-0.25, -0.2) is 4.98 Å². The van der Waals surface area contributed by atoms with Crippen LogP contribution in [0.1, 0.15) is 17.5 Å². The number of nitrogens with one attached hydrogen (secondary N) is 1. The van der Waals surface area contributed by atoms with E-state index in [-0.39, 0.29) is 5.91 Å². The van der Waals surface area contributed by atoms with Gasteiger partial charge in [-0.3, -0.25) is 4.79 Å². The Bertz CT molecular complexity index is 759. The molecule has 3 aromatic rings. The molecule has 0 saturated heterocycles. The standard InChI is InChI=1S/C17H19N3O2/c1-13-3-4-16-15(9-13)14(11-22-16)10-17(21)19-5-2-7-20-8-6-18-12-20/h3-4,6,8-9,11-12H,2,5,7,10H2,1H3,(H,19,21). The third-order valence-corrected chi connectivity index (χ3v) is 3.63. The maximum absolute atomic E-state index is 12.0. The summed E-state index contributed by atoms with van der Waals surface area (Å²) in [7, 11) is 0. The molecule has 1 N–H and O–H groups in total. The first-order valence-corrected chi connectivity index (χ1v) is 7.41. The molecule has 114 valence electrons. The largest absolute Gasteiger partial charge is 0.464 e. The SMILES string of the molecule is Cc1ccc2occ(CC(=O)NCCCn3ccnc3)c2c1. The number of aromatic nitrogens is 2. The van der Waals surface area contributed by atoms with Gasteiger partial charge >= 0.3 is 0 Å². The van der Waals surface area contributed by atoms with Gasteiger partial charge in [-0.05, 0) is 25.5 Å². The van der Waals surface area contributed by atoms with Gasteiger partial charge in [0, 0.05) is 36.4 Å². The summed E-state index contributed by atoms with van der Waals surface area (Å²) >= 11 is 0. The molecule has 22 heavy (non-hydrogen) atoms. The first kappa shape index (κ1) is 14.4. The van der Waals surface area contributed by atoms with Gasteiger partial charge in [-0.2, -0.15) is 0 Å². The lowest BCUT2D eigenvalue weighted by molar-refractivity contribution is -0.120. The summed E-state index contributed by atoms with van der Waals surface area (Å²) in [6.07, 6.45) is 8.36. The van der Waals surface area contributed by atoms with Crippen LogP contribution in [0.2, 0.25) is 0 Å². The average Bonchev–Trinajstić information content (AvgIpc) is 3.14. The van der Waals surface area contributed by atoms with Gasteiger partial charge < -0.3 is 14.3 Å². The molecule has 0 aliphatic carbocycles. The molecular weight excluding hydrogens is 278 g/mol. The number of aryl methyl sites for hydroxylation is 2. The molecule has 0 aliphatic heterocycles. The minimum atomic E-state index is 0.0230. The van der Waals surface area contributed by atoms with Crippen LogP contribution in [0.25, 0.3) is 11.0 Å². The summed E-state index contributed by atoms with van der Waals surface area (Å²) in [5.41, 5.74) is 2.93. The molecule has 0 bridgehead atoms. The van der Waals surface area contributed by atoms with Gasteiger partial charge in [-0.1, -0.05) is 11.6 Å². The van der Waals surface area contributed by atoms with E-state index in [2.05, 4.69) is 16.4 Å². The summed E-state index contributed by atoms with van der Waals surface area (Å²) in [6.45, 7) is 3.55. The Kier molecular flexibility index (Phi) is 4.23. The van der Waals surface area contributed by atoms with Crippen LogP contribution in [0.4, 0.5) is 0 Å². The van der Waals surface area contributed by atoms with Crippen molar-refractivity contribution in [1.82, 2.24) is 14.9 Å². The van der Waals surface area contributed by atoms with E-state index in [9.17, 15) is 4.79 Å². The maximum atomic E-state index is 12.0. The number of nitrogens with zero attached hydrogens (tertiary/aromatic N) is 2. The van der Waals surface area contributed by atoms with E-state index in [1.165, 1.54) is 0 Å². The molecule has 0 aliphatic rings. The number of rotatable bonds is 6. The second-order valence-corrected chi connectivity index (χ2v) is 5.44. The van der Waals surface area contributed by atoms with Crippen molar-refractivity contribution >= 4 is 16.9 Å². The summed E-state index contributed by atoms with van der Waals surface area (Å²) < 4.78 is 7.49. The molecule has 3 rings (SSSR count). The molecule has 0 spiro atoms. The lowest BCUT2D eigenvalue weighted by Gasteiger charge is -2.05. The monoisotopic (exact) mass is 297 g/mol. The summed E-state index contributed by atoms with van der Waals surface area (Å²) in [5.74, 6) is 0.0230. The molecule has 2 heterocycles. The normalized spacial score (nSPS) is 11.0. The van der Waals surface area contributed by atoms with E-state index in [4.69, 9.17) is 4.42 Å². The fourth-order valence-electron chi connectivity index (χ4n) is 2.48. The lowest BCUT2D eigenvalue weighted by atomic mass is 10.1. The highest BCUT2D eigenvalue weighted by atomic mass is 16.3. The van der Waals surface area contributed by atoms with Gasteiger partial charge in [0.25, 0.3) is 0 Å². The fourth-order valence-corrected chi connectivity index (χ4v) is 2.48. The number of carbonyl (C=O) groups excluding carboxylic acids is 1. The molecule has 2 aromatic heterocycles. The second kappa shape index (κ2) is 6.47. The van der Waals surface area contributed by atoms with Gasteiger partial charge in [0.1, 0.15) is 5.58 Å². The van der Waals surface area contributed by atoms with Crippen LogP contribution in [0.15, 0.2) is 47.6 Å². The van der Waals surface area contributed by atoms with E-state index in [0.29, 0.717) is 13.0 Å². The molecule has 5 heteroatoms. The van der Waals surface area contributed by atoms with Crippen molar-refractivity contribution in [2.24, 2.45) is 0 Å². The number of benzene rings is 1. The Morgan fingerprint density at radius 2 is 2.32 bits per heavy atom. The van der Waals surface area contributed by atoms with Crippen LogP contribution in [0.5, 0.6) is 0 Å². The number of hydrogen-bond donors (Lipinski definition) is 1. The fraction of sp³-hybridized carbons (Fsp3) is 0.294. The first-order valence-electron chi connectivity index (χ1n) is 7.41. The molecule has 0 unspecified atom stereocenters. The Hall–Kier alpha value is -2.56. The Morgan fingerprint density at radius 1 is 1.41 bits per heavy atom. The van der Waals surface area contributed by atoms with Crippen molar-refractivity contribution in [2.45, 2.75) is 26.3 Å². The molecule has 1 amide bonds. The summed E-state index contributed by atoms with van der Waals surface area (Å²) in [5, 5.41) is 3.97. The predicted molar refractivity (Wildman–Crippen MR) is 84.5 cm³/mol. The van der Waals surface area contributed by atoms with Crippen LogP contribution in [0, 0.1) is 6.92 Å². The highest BCUT2D eigenvalue weighted by Gasteiger charge is 2.10. The molecule has 0 saturated carbocycles. The van der Waals surface area contributed by atoms with E-state index in [1.807, 2.05) is 29.8 Å². The van der Waals surface area contributed by atoms with Gasteiger partial charge in [0.2, 0.25) is 5.91 Å². The second-order valence-electron chi connectivity index (χ2n) is 5.44. The zero-order chi connectivity index (χ0) is 15.4. The van der Waals surface area contributed by atoms with Crippen LogP contribution >= 0.6 is 0 Å². The third-order valence-electron chi connectivity index (χ3n) is 3.63. The third kappa shape index (κ3) is 3.36. The van der Waals surface area contributed by atoms with Crippen LogP contribution in [0.3, 0.4) is 0 Å². The van der Waals surface area contributed by atoms with Crippen molar-refractivity contribution < 1.29 is 9.21 Å².